The average Bonchev–Trinajstić information content (AvgIpc) is 2.58. The van der Waals surface area contributed by atoms with Crippen molar-refractivity contribution in [3.05, 3.63) is 59.4 Å². The van der Waals surface area contributed by atoms with Crippen molar-refractivity contribution in [2.75, 3.05) is 7.11 Å². The Morgan fingerprint density at radius 3 is 2.23 bits per heavy atom. The molecule has 0 aliphatic heterocycles. The molecule has 142 valence electrons. The lowest BCUT2D eigenvalue weighted by atomic mass is 10.00. The predicted molar refractivity (Wildman–Crippen MR) is 95.1 cm³/mol. The van der Waals surface area contributed by atoms with Gasteiger partial charge < -0.3 is 9.29 Å². The Hall–Kier alpha value is -1.77. The molecule has 0 aliphatic rings. The molecule has 1 N–H and O–H groups in total. The van der Waals surface area contributed by atoms with E-state index >= 15 is 0 Å². The summed E-state index contributed by atoms with van der Waals surface area (Å²) in [5.74, 6) is 0.571. The number of benzene rings is 1. The van der Waals surface area contributed by atoms with E-state index in [-0.39, 0.29) is 5.69 Å². The number of pyridine rings is 1. The van der Waals surface area contributed by atoms with Crippen molar-refractivity contribution in [1.29, 1.82) is 0 Å². The number of rotatable bonds is 5. The van der Waals surface area contributed by atoms with Crippen LogP contribution in [0.25, 0.3) is 0 Å². The van der Waals surface area contributed by atoms with Gasteiger partial charge in [0, 0.05) is 17.6 Å². The van der Waals surface area contributed by atoms with Crippen LogP contribution in [0, 0.1) is 0 Å². The zero-order valence-electron chi connectivity index (χ0n) is 14.9. The molecule has 0 amide bonds. The fourth-order valence-electron chi connectivity index (χ4n) is 2.25. The van der Waals surface area contributed by atoms with Gasteiger partial charge in [0.15, 0.2) is 0 Å². The van der Waals surface area contributed by atoms with Gasteiger partial charge in [-0.3, -0.25) is 4.98 Å². The molecule has 1 heterocycles. The Morgan fingerprint density at radius 1 is 1.12 bits per heavy atom. The smallest absolute Gasteiger partial charge is 0.418 e. The second kappa shape index (κ2) is 7.85. The summed E-state index contributed by atoms with van der Waals surface area (Å²) in [7, 11) is 1.50. The van der Waals surface area contributed by atoms with Crippen LogP contribution >= 0.6 is 0 Å². The highest BCUT2D eigenvalue weighted by Crippen LogP contribution is 2.36. The normalized spacial score (nSPS) is 14.8. The van der Waals surface area contributed by atoms with Gasteiger partial charge in [0.05, 0.1) is 18.4 Å². The Balaban J connectivity index is 2.54. The highest BCUT2D eigenvalue weighted by atomic mass is 32.2. The van der Waals surface area contributed by atoms with Gasteiger partial charge >= 0.3 is 6.18 Å². The van der Waals surface area contributed by atoms with Crippen molar-refractivity contribution in [2.24, 2.45) is 0 Å². The van der Waals surface area contributed by atoms with Crippen molar-refractivity contribution < 1.29 is 22.5 Å². The molecule has 4 nitrogen and oxygen atoms in total. The number of nitrogens with one attached hydrogen (secondary N) is 1. The van der Waals surface area contributed by atoms with Crippen molar-refractivity contribution in [3.8, 4) is 5.75 Å². The van der Waals surface area contributed by atoms with Gasteiger partial charge in [-0.2, -0.15) is 13.2 Å². The summed E-state index contributed by atoms with van der Waals surface area (Å²) in [5, 5.41) is 0. The molecule has 8 heteroatoms. The number of hydrogen-bond donors (Lipinski definition) is 1. The number of hydrogen-bond acceptors (Lipinski definition) is 4. The van der Waals surface area contributed by atoms with Crippen LogP contribution in [0.15, 0.2) is 42.6 Å². The fourth-order valence-corrected chi connectivity index (χ4v) is 3.06. The van der Waals surface area contributed by atoms with Crippen LogP contribution in [-0.4, -0.2) is 21.4 Å². The third-order valence-corrected chi connectivity index (χ3v) is 5.21. The highest BCUT2D eigenvalue weighted by molar-refractivity contribution is 7.90. The summed E-state index contributed by atoms with van der Waals surface area (Å²) in [6, 6.07) is 7.76. The number of methoxy groups -OCH3 is 1. The van der Waals surface area contributed by atoms with Crippen LogP contribution in [0.3, 0.4) is 0 Å². The van der Waals surface area contributed by atoms with Crippen LogP contribution in [0.5, 0.6) is 5.75 Å². The van der Waals surface area contributed by atoms with E-state index in [4.69, 9.17) is 4.74 Å². The van der Waals surface area contributed by atoms with Gasteiger partial charge in [-0.1, -0.05) is 12.1 Å². The van der Waals surface area contributed by atoms with Crippen molar-refractivity contribution in [2.45, 2.75) is 37.7 Å². The SMILES string of the molecule is COc1ccc([C@H](N[S+]([O-])C(C)(C)C)c2ncccc2C(F)(F)F)cc1. The predicted octanol–water partition coefficient (Wildman–Crippen LogP) is 4.25. The summed E-state index contributed by atoms with van der Waals surface area (Å²) >= 11 is -1.60. The average molecular weight is 386 g/mol. The summed E-state index contributed by atoms with van der Waals surface area (Å²) in [6.07, 6.45) is -3.28. The largest absolute Gasteiger partial charge is 0.598 e. The Bertz CT molecular complexity index is 730. The summed E-state index contributed by atoms with van der Waals surface area (Å²) in [5.41, 5.74) is -0.574. The van der Waals surface area contributed by atoms with Crippen LogP contribution in [0.4, 0.5) is 13.2 Å². The molecular weight excluding hydrogens is 365 g/mol. The molecule has 0 saturated carbocycles. The number of nitrogens with zero attached hydrogens (tertiary/aromatic N) is 1. The van der Waals surface area contributed by atoms with Gasteiger partial charge in [-0.15, -0.1) is 4.72 Å². The molecule has 0 fully saturated rings. The van der Waals surface area contributed by atoms with Gasteiger partial charge in [0.2, 0.25) is 0 Å². The third kappa shape index (κ3) is 4.90. The van der Waals surface area contributed by atoms with Crippen LogP contribution in [0.2, 0.25) is 0 Å². The Morgan fingerprint density at radius 2 is 1.73 bits per heavy atom. The molecule has 1 unspecified atom stereocenters. The maximum Gasteiger partial charge on any atom is 0.418 e. The first-order valence-corrected chi connectivity index (χ1v) is 9.03. The van der Waals surface area contributed by atoms with Gasteiger partial charge in [-0.25, -0.2) is 0 Å². The molecule has 0 aliphatic carbocycles. The molecular formula is C18H21F3N2O2S. The summed E-state index contributed by atoms with van der Waals surface area (Å²) in [4.78, 5) is 3.95. The fraction of sp³-hybridized carbons (Fsp3) is 0.389. The number of aromatic nitrogens is 1. The molecule has 2 aromatic rings. The molecule has 2 atom stereocenters. The lowest BCUT2D eigenvalue weighted by molar-refractivity contribution is -0.138. The number of ether oxygens (including phenoxy) is 1. The number of alkyl halides is 3. The van der Waals surface area contributed by atoms with E-state index in [0.29, 0.717) is 11.3 Å². The summed E-state index contributed by atoms with van der Waals surface area (Å²) in [6.45, 7) is 5.22. The van der Waals surface area contributed by atoms with Crippen molar-refractivity contribution >= 4 is 11.4 Å². The van der Waals surface area contributed by atoms with E-state index in [0.717, 1.165) is 6.07 Å². The quantitative estimate of drug-likeness (QED) is 0.781. The first-order valence-electron chi connectivity index (χ1n) is 7.88. The van der Waals surface area contributed by atoms with E-state index in [2.05, 4.69) is 9.71 Å². The molecule has 2 rings (SSSR count). The standard InChI is InChI=1S/C18H21F3N2O2S/c1-17(2,3)26(24)23-15(12-7-9-13(25-4)10-8-12)16-14(18(19,20)21)6-5-11-22-16/h5-11,15,23H,1-4H3/t15-,26?/m0/s1. The maximum atomic E-state index is 13.5. The zero-order chi connectivity index (χ0) is 19.5. The molecule has 0 spiro atoms. The van der Waals surface area contributed by atoms with Gasteiger partial charge in [0.25, 0.3) is 0 Å². The van der Waals surface area contributed by atoms with Gasteiger partial charge in [0.1, 0.15) is 16.5 Å². The van der Waals surface area contributed by atoms with E-state index < -0.39 is 33.9 Å². The molecule has 0 radical (unpaired) electrons. The Labute approximate surface area is 154 Å². The third-order valence-electron chi connectivity index (χ3n) is 3.65. The lowest BCUT2D eigenvalue weighted by Crippen LogP contribution is -2.42. The van der Waals surface area contributed by atoms with Crippen LogP contribution in [0.1, 0.15) is 43.6 Å². The second-order valence-electron chi connectivity index (χ2n) is 6.64. The maximum absolute atomic E-state index is 13.5. The first-order chi connectivity index (χ1) is 12.0. The minimum atomic E-state index is -4.57. The summed E-state index contributed by atoms with van der Waals surface area (Å²) < 4.78 is 60.2. The molecule has 26 heavy (non-hydrogen) atoms. The van der Waals surface area contributed by atoms with Crippen LogP contribution < -0.4 is 9.46 Å². The zero-order valence-corrected chi connectivity index (χ0v) is 15.7. The minimum Gasteiger partial charge on any atom is -0.598 e. The van der Waals surface area contributed by atoms with E-state index in [1.54, 1.807) is 45.0 Å². The number of halogens is 3. The molecule has 0 saturated heterocycles. The van der Waals surface area contributed by atoms with Crippen LogP contribution in [-0.2, 0) is 17.5 Å². The van der Waals surface area contributed by atoms with E-state index in [1.165, 1.54) is 19.4 Å². The minimum absolute atomic E-state index is 0.220. The first kappa shape index (κ1) is 20.5. The second-order valence-corrected chi connectivity index (χ2v) is 8.64. The van der Waals surface area contributed by atoms with E-state index in [1.807, 2.05) is 0 Å². The monoisotopic (exact) mass is 386 g/mol. The topological polar surface area (TPSA) is 57.2 Å². The Kier molecular flexibility index (Phi) is 6.21. The highest BCUT2D eigenvalue weighted by Gasteiger charge is 2.39. The molecule has 1 aromatic carbocycles. The van der Waals surface area contributed by atoms with Crippen molar-refractivity contribution in [3.63, 3.8) is 0 Å². The molecule has 0 bridgehead atoms. The van der Waals surface area contributed by atoms with E-state index in [9.17, 15) is 17.7 Å². The van der Waals surface area contributed by atoms with Gasteiger partial charge in [-0.05, 0) is 50.6 Å². The van der Waals surface area contributed by atoms with Crippen molar-refractivity contribution in [1.82, 2.24) is 9.71 Å². The molecule has 1 aromatic heterocycles. The lowest BCUT2D eigenvalue weighted by Gasteiger charge is -2.29.